The summed E-state index contributed by atoms with van der Waals surface area (Å²) >= 11 is 0. The van der Waals surface area contributed by atoms with Crippen LogP contribution in [-0.2, 0) is 22.5 Å². The fraction of sp³-hybridized carbons (Fsp3) is 0.519. The zero-order valence-electron chi connectivity index (χ0n) is 19.8. The van der Waals surface area contributed by atoms with Gasteiger partial charge in [0.15, 0.2) is 6.54 Å². The number of aryl methyl sites for hydroxylation is 1. The van der Waals surface area contributed by atoms with E-state index in [0.717, 1.165) is 25.1 Å². The lowest BCUT2D eigenvalue weighted by Crippen LogP contribution is -2.44. The molecule has 4 heteroatoms. The molecule has 1 unspecified atom stereocenters. The van der Waals surface area contributed by atoms with Gasteiger partial charge < -0.3 is 14.0 Å². The highest BCUT2D eigenvalue weighted by Crippen LogP contribution is 2.22. The van der Waals surface area contributed by atoms with E-state index in [9.17, 15) is 4.79 Å². The number of hydrogen-bond acceptors (Lipinski definition) is 3. The maximum absolute atomic E-state index is 12.5. The minimum Gasteiger partial charge on any atom is -0.455 e. The highest BCUT2D eigenvalue weighted by Gasteiger charge is 2.23. The maximum Gasteiger partial charge on any atom is 0.364 e. The van der Waals surface area contributed by atoms with Crippen molar-refractivity contribution in [2.45, 2.75) is 71.6 Å². The molecule has 0 amide bonds. The maximum atomic E-state index is 12.5. The second kappa shape index (κ2) is 13.2. The van der Waals surface area contributed by atoms with Gasteiger partial charge in [-0.05, 0) is 24.5 Å². The Hall–Kier alpha value is -2.33. The first-order valence-electron chi connectivity index (χ1n) is 11.7. The summed E-state index contributed by atoms with van der Waals surface area (Å²) in [4.78, 5) is 12.5. The molecule has 0 fully saturated rings. The SMILES string of the molecule is CCCCCCCCc1ccccc1OC(C)OC(=O)C[N+](C)(C)Cc1ccccc1. The van der Waals surface area contributed by atoms with Crippen LogP contribution in [0.4, 0.5) is 0 Å². The van der Waals surface area contributed by atoms with Crippen LogP contribution in [0.25, 0.3) is 0 Å². The highest BCUT2D eigenvalue weighted by molar-refractivity contribution is 5.70. The number of para-hydroxylation sites is 1. The molecule has 2 aromatic carbocycles. The predicted molar refractivity (Wildman–Crippen MR) is 127 cm³/mol. The normalized spacial score (nSPS) is 12.4. The Bertz CT molecular complexity index is 773. The highest BCUT2D eigenvalue weighted by atomic mass is 16.7. The lowest BCUT2D eigenvalue weighted by atomic mass is 10.0. The zero-order chi connectivity index (χ0) is 22.5. The van der Waals surface area contributed by atoms with Crippen LogP contribution in [0.3, 0.4) is 0 Å². The number of nitrogens with zero attached hydrogens (tertiary/aromatic N) is 1. The molecule has 0 heterocycles. The average Bonchev–Trinajstić information content (AvgIpc) is 2.71. The Labute approximate surface area is 188 Å². The van der Waals surface area contributed by atoms with Crippen molar-refractivity contribution < 1.29 is 18.8 Å². The number of rotatable bonds is 14. The van der Waals surface area contributed by atoms with Crippen LogP contribution < -0.4 is 4.74 Å². The van der Waals surface area contributed by atoms with Crippen molar-refractivity contribution >= 4 is 5.97 Å². The number of quaternary nitrogens is 1. The standard InChI is InChI=1S/C27H40NO3/c1-5-6-7-8-9-13-18-25-19-14-15-20-26(25)30-23(2)31-27(29)22-28(3,4)21-24-16-11-10-12-17-24/h10-12,14-17,19-20,23H,5-9,13,18,21-22H2,1-4H3/q+1. The summed E-state index contributed by atoms with van der Waals surface area (Å²) in [5.74, 6) is 0.566. The molecular weight excluding hydrogens is 386 g/mol. The van der Waals surface area contributed by atoms with Gasteiger partial charge in [-0.2, -0.15) is 0 Å². The Balaban J connectivity index is 1.80. The van der Waals surface area contributed by atoms with E-state index in [0.29, 0.717) is 11.0 Å². The van der Waals surface area contributed by atoms with Gasteiger partial charge in [0.25, 0.3) is 0 Å². The molecule has 0 aliphatic carbocycles. The Kier molecular flexibility index (Phi) is 10.6. The lowest BCUT2D eigenvalue weighted by Gasteiger charge is -2.29. The number of unbranched alkanes of at least 4 members (excludes halogenated alkanes) is 5. The monoisotopic (exact) mass is 426 g/mol. The van der Waals surface area contributed by atoms with Crippen LogP contribution >= 0.6 is 0 Å². The molecule has 0 saturated heterocycles. The second-order valence-corrected chi connectivity index (χ2v) is 9.04. The van der Waals surface area contributed by atoms with Crippen molar-refractivity contribution in [1.82, 2.24) is 0 Å². The summed E-state index contributed by atoms with van der Waals surface area (Å²) in [5, 5.41) is 0. The fourth-order valence-corrected chi connectivity index (χ4v) is 3.83. The molecular formula is C27H40NO3+. The summed E-state index contributed by atoms with van der Waals surface area (Å²) in [6, 6.07) is 18.3. The third-order valence-electron chi connectivity index (χ3n) is 5.37. The summed E-state index contributed by atoms with van der Waals surface area (Å²) < 4.78 is 12.1. The van der Waals surface area contributed by atoms with Crippen LogP contribution in [0.2, 0.25) is 0 Å². The van der Waals surface area contributed by atoms with E-state index in [4.69, 9.17) is 9.47 Å². The number of carbonyl (C=O) groups is 1. The Morgan fingerprint density at radius 2 is 1.55 bits per heavy atom. The molecule has 2 rings (SSSR count). The van der Waals surface area contributed by atoms with Gasteiger partial charge in [-0.25, -0.2) is 4.79 Å². The predicted octanol–water partition coefficient (Wildman–Crippen LogP) is 6.13. The first-order valence-corrected chi connectivity index (χ1v) is 11.7. The molecule has 0 aromatic heterocycles. The van der Waals surface area contributed by atoms with E-state index < -0.39 is 6.29 Å². The molecule has 0 N–H and O–H groups in total. The van der Waals surface area contributed by atoms with Crippen molar-refractivity contribution in [3.05, 3.63) is 65.7 Å². The van der Waals surface area contributed by atoms with E-state index >= 15 is 0 Å². The van der Waals surface area contributed by atoms with Gasteiger partial charge in [0.05, 0.1) is 14.1 Å². The summed E-state index contributed by atoms with van der Waals surface area (Å²) in [6.07, 6.45) is 7.98. The van der Waals surface area contributed by atoms with Crippen molar-refractivity contribution in [2.24, 2.45) is 0 Å². The van der Waals surface area contributed by atoms with Crippen LogP contribution in [0, 0.1) is 0 Å². The minimum absolute atomic E-state index is 0.248. The largest absolute Gasteiger partial charge is 0.455 e. The number of benzene rings is 2. The first-order chi connectivity index (χ1) is 14.9. The van der Waals surface area contributed by atoms with E-state index in [-0.39, 0.29) is 5.97 Å². The molecule has 31 heavy (non-hydrogen) atoms. The lowest BCUT2D eigenvalue weighted by molar-refractivity contribution is -0.896. The van der Waals surface area contributed by atoms with Gasteiger partial charge in [0, 0.05) is 12.5 Å². The summed E-state index contributed by atoms with van der Waals surface area (Å²) in [6.45, 7) is 5.09. The number of hydrogen-bond donors (Lipinski definition) is 0. The van der Waals surface area contributed by atoms with Gasteiger partial charge in [0.1, 0.15) is 12.3 Å². The second-order valence-electron chi connectivity index (χ2n) is 9.04. The Morgan fingerprint density at radius 3 is 2.29 bits per heavy atom. The molecule has 0 aliphatic rings. The van der Waals surface area contributed by atoms with E-state index in [1.165, 1.54) is 43.2 Å². The molecule has 0 saturated carbocycles. The Morgan fingerprint density at radius 1 is 0.903 bits per heavy atom. The average molecular weight is 427 g/mol. The minimum atomic E-state index is -0.616. The third-order valence-corrected chi connectivity index (χ3v) is 5.37. The summed E-state index contributed by atoms with van der Waals surface area (Å²) in [5.41, 5.74) is 2.38. The summed E-state index contributed by atoms with van der Waals surface area (Å²) in [7, 11) is 4.07. The molecule has 0 bridgehead atoms. The quantitative estimate of drug-likeness (QED) is 0.158. The van der Waals surface area contributed by atoms with Crippen LogP contribution in [0.15, 0.2) is 54.6 Å². The van der Waals surface area contributed by atoms with Crippen LogP contribution in [0.5, 0.6) is 5.75 Å². The van der Waals surface area contributed by atoms with Crippen molar-refractivity contribution in [3.8, 4) is 5.75 Å². The van der Waals surface area contributed by atoms with Crippen LogP contribution in [0.1, 0.15) is 63.5 Å². The van der Waals surface area contributed by atoms with E-state index in [1.54, 1.807) is 6.92 Å². The molecule has 0 spiro atoms. The van der Waals surface area contributed by atoms with Gasteiger partial charge in [-0.15, -0.1) is 0 Å². The smallest absolute Gasteiger partial charge is 0.364 e. The molecule has 0 aliphatic heterocycles. The molecule has 2 aromatic rings. The first kappa shape index (κ1) is 24.9. The molecule has 0 radical (unpaired) electrons. The third kappa shape index (κ3) is 10.0. The van der Waals surface area contributed by atoms with Crippen molar-refractivity contribution in [3.63, 3.8) is 0 Å². The molecule has 170 valence electrons. The van der Waals surface area contributed by atoms with E-state index in [1.807, 2.05) is 50.5 Å². The van der Waals surface area contributed by atoms with E-state index in [2.05, 4.69) is 25.1 Å². The zero-order valence-corrected chi connectivity index (χ0v) is 19.8. The van der Waals surface area contributed by atoms with Gasteiger partial charge in [0.2, 0.25) is 6.29 Å². The number of ether oxygens (including phenoxy) is 2. The number of likely N-dealkylation sites (N-methyl/N-ethyl adjacent to an activating group) is 1. The van der Waals surface area contributed by atoms with Crippen molar-refractivity contribution in [1.29, 1.82) is 0 Å². The molecule has 4 nitrogen and oxygen atoms in total. The van der Waals surface area contributed by atoms with Gasteiger partial charge in [-0.3, -0.25) is 0 Å². The fourth-order valence-electron chi connectivity index (χ4n) is 3.83. The van der Waals surface area contributed by atoms with Gasteiger partial charge in [-0.1, -0.05) is 87.6 Å². The topological polar surface area (TPSA) is 35.5 Å². The molecule has 1 atom stereocenters. The van der Waals surface area contributed by atoms with Crippen LogP contribution in [-0.4, -0.2) is 37.4 Å². The van der Waals surface area contributed by atoms with Crippen molar-refractivity contribution in [2.75, 3.05) is 20.6 Å². The number of carbonyl (C=O) groups excluding carboxylic acids is 1. The number of esters is 1. The van der Waals surface area contributed by atoms with Gasteiger partial charge >= 0.3 is 5.97 Å².